The fourth-order valence-corrected chi connectivity index (χ4v) is 1.99. The van der Waals surface area contributed by atoms with Crippen LogP contribution in [0.1, 0.15) is 19.3 Å². The number of rotatable bonds is 3. The van der Waals surface area contributed by atoms with Crippen LogP contribution in [0, 0.1) is 16.0 Å². The Hall–Kier alpha value is -2.02. The van der Waals surface area contributed by atoms with Crippen LogP contribution in [0.25, 0.3) is 0 Å². The van der Waals surface area contributed by atoms with Gasteiger partial charge < -0.3 is 10.6 Å². The van der Waals surface area contributed by atoms with Gasteiger partial charge in [-0.15, -0.1) is 0 Å². The molecule has 1 saturated carbocycles. The molecule has 0 saturated heterocycles. The zero-order chi connectivity index (χ0) is 13.8. The van der Waals surface area contributed by atoms with Crippen LogP contribution in [0.3, 0.4) is 0 Å². The first-order chi connectivity index (χ1) is 9.08. The lowest BCUT2D eigenvalue weighted by Gasteiger charge is -2.24. The maximum atomic E-state index is 11.7. The van der Waals surface area contributed by atoms with Gasteiger partial charge in [0.1, 0.15) is 5.69 Å². The van der Waals surface area contributed by atoms with E-state index in [1.54, 1.807) is 18.2 Å². The molecule has 0 unspecified atom stereocenters. The Kier molecular flexibility index (Phi) is 4.06. The second-order valence-corrected chi connectivity index (χ2v) is 4.75. The first kappa shape index (κ1) is 13.4. The van der Waals surface area contributed by atoms with Gasteiger partial charge in [-0.3, -0.25) is 14.9 Å². The zero-order valence-corrected chi connectivity index (χ0v) is 10.9. The van der Waals surface area contributed by atoms with Gasteiger partial charge >= 0.3 is 0 Å². The third-order valence-electron chi connectivity index (χ3n) is 3.06. The molecule has 1 fully saturated rings. The number of carbonyl (C=O) groups excluding carboxylic acids is 1. The fraction of sp³-hybridized carbons (Fsp3) is 0.333. The molecule has 1 aromatic carbocycles. The number of nitrogens with one attached hydrogen (secondary N) is 2. The average Bonchev–Trinajstić information content (AvgIpc) is 2.26. The number of benzene rings is 1. The van der Waals surface area contributed by atoms with Gasteiger partial charge in [0.2, 0.25) is 5.91 Å². The number of para-hydroxylation sites is 2. The van der Waals surface area contributed by atoms with E-state index in [0.717, 1.165) is 19.3 Å². The van der Waals surface area contributed by atoms with Crippen LogP contribution >= 0.6 is 12.2 Å². The summed E-state index contributed by atoms with van der Waals surface area (Å²) in [5.41, 5.74) is 0.189. The monoisotopic (exact) mass is 279 g/mol. The van der Waals surface area contributed by atoms with Gasteiger partial charge in [-0.2, -0.15) is 0 Å². The summed E-state index contributed by atoms with van der Waals surface area (Å²) in [5, 5.41) is 16.2. The van der Waals surface area contributed by atoms with Crippen LogP contribution in [0.15, 0.2) is 24.3 Å². The molecule has 6 nitrogen and oxygen atoms in total. The van der Waals surface area contributed by atoms with Crippen LogP contribution in [-0.4, -0.2) is 15.9 Å². The Labute approximate surface area is 115 Å². The topological polar surface area (TPSA) is 84.3 Å². The third-order valence-corrected chi connectivity index (χ3v) is 3.27. The molecule has 7 heteroatoms. The second-order valence-electron chi connectivity index (χ2n) is 4.35. The van der Waals surface area contributed by atoms with E-state index in [-0.39, 0.29) is 28.3 Å². The van der Waals surface area contributed by atoms with Gasteiger partial charge in [-0.25, -0.2) is 0 Å². The van der Waals surface area contributed by atoms with Gasteiger partial charge in [-0.05, 0) is 31.1 Å². The van der Waals surface area contributed by atoms with Crippen molar-refractivity contribution in [3.05, 3.63) is 34.4 Å². The summed E-state index contributed by atoms with van der Waals surface area (Å²) in [7, 11) is 0. The predicted octanol–water partition coefficient (Wildman–Crippen LogP) is 2.21. The van der Waals surface area contributed by atoms with Crippen molar-refractivity contribution in [1.29, 1.82) is 0 Å². The number of nitro groups is 1. The van der Waals surface area contributed by atoms with Crippen molar-refractivity contribution in [2.24, 2.45) is 5.92 Å². The summed E-state index contributed by atoms with van der Waals surface area (Å²) in [4.78, 5) is 22.0. The van der Waals surface area contributed by atoms with Crippen molar-refractivity contribution in [2.75, 3.05) is 5.32 Å². The first-order valence-electron chi connectivity index (χ1n) is 5.93. The van der Waals surface area contributed by atoms with Crippen LogP contribution < -0.4 is 10.6 Å². The Balaban J connectivity index is 1.98. The highest BCUT2D eigenvalue weighted by molar-refractivity contribution is 7.80. The summed E-state index contributed by atoms with van der Waals surface area (Å²) in [6.07, 6.45) is 2.81. The summed E-state index contributed by atoms with van der Waals surface area (Å²) >= 11 is 4.98. The molecular formula is C12H13N3O3S. The van der Waals surface area contributed by atoms with Crippen molar-refractivity contribution in [3.63, 3.8) is 0 Å². The zero-order valence-electron chi connectivity index (χ0n) is 10.1. The molecule has 2 N–H and O–H groups in total. The molecule has 19 heavy (non-hydrogen) atoms. The van der Waals surface area contributed by atoms with E-state index in [1.807, 2.05) is 0 Å². The molecular weight excluding hydrogens is 266 g/mol. The van der Waals surface area contributed by atoms with Crippen LogP contribution in [0.5, 0.6) is 0 Å². The van der Waals surface area contributed by atoms with E-state index >= 15 is 0 Å². The highest BCUT2D eigenvalue weighted by Gasteiger charge is 2.26. The number of nitrogens with zero attached hydrogens (tertiary/aromatic N) is 1. The van der Waals surface area contributed by atoms with Gasteiger partial charge in [-0.1, -0.05) is 18.6 Å². The number of hydrogen-bond donors (Lipinski definition) is 2. The van der Waals surface area contributed by atoms with Crippen molar-refractivity contribution in [1.82, 2.24) is 5.32 Å². The number of carbonyl (C=O) groups is 1. The van der Waals surface area contributed by atoms with Gasteiger partial charge in [0.15, 0.2) is 5.11 Å². The smallest absolute Gasteiger partial charge is 0.292 e. The molecule has 0 bridgehead atoms. The normalized spacial score (nSPS) is 14.3. The molecule has 0 atom stereocenters. The number of nitro benzene ring substituents is 1. The number of hydrogen-bond acceptors (Lipinski definition) is 4. The molecule has 0 spiro atoms. The standard InChI is InChI=1S/C12H13N3O3S/c16-11(8-4-3-5-8)14-12(19)13-9-6-1-2-7-10(9)15(17)18/h1-2,6-8H,3-5H2,(H2,13,14,16,19). The Morgan fingerprint density at radius 3 is 2.63 bits per heavy atom. The largest absolute Gasteiger partial charge is 0.327 e. The van der Waals surface area contributed by atoms with Crippen LogP contribution in [0.4, 0.5) is 11.4 Å². The van der Waals surface area contributed by atoms with Gasteiger partial charge in [0, 0.05) is 12.0 Å². The minimum atomic E-state index is -0.501. The first-order valence-corrected chi connectivity index (χ1v) is 6.34. The Morgan fingerprint density at radius 1 is 1.37 bits per heavy atom. The average molecular weight is 279 g/mol. The number of anilines is 1. The molecule has 0 aromatic heterocycles. The van der Waals surface area contributed by atoms with Gasteiger partial charge in [0.25, 0.3) is 5.69 Å². The lowest BCUT2D eigenvalue weighted by Crippen LogP contribution is -2.40. The summed E-state index contributed by atoms with van der Waals surface area (Å²) in [6.45, 7) is 0. The minimum absolute atomic E-state index is 0.0190. The lowest BCUT2D eigenvalue weighted by molar-refractivity contribution is -0.383. The number of thiocarbonyl (C=S) groups is 1. The van der Waals surface area contributed by atoms with E-state index in [4.69, 9.17) is 12.2 Å². The van der Waals surface area contributed by atoms with Crippen LogP contribution in [0.2, 0.25) is 0 Å². The quantitative estimate of drug-likeness (QED) is 0.503. The minimum Gasteiger partial charge on any atom is -0.327 e. The maximum absolute atomic E-state index is 11.7. The lowest BCUT2D eigenvalue weighted by atomic mass is 9.85. The molecule has 1 aromatic rings. The van der Waals surface area contributed by atoms with E-state index < -0.39 is 4.92 Å². The molecule has 1 aliphatic rings. The molecule has 100 valence electrons. The summed E-state index contributed by atoms with van der Waals surface area (Å²) in [6, 6.07) is 6.14. The predicted molar refractivity (Wildman–Crippen MR) is 74.8 cm³/mol. The third kappa shape index (κ3) is 3.25. The van der Waals surface area contributed by atoms with Crippen molar-refractivity contribution in [2.45, 2.75) is 19.3 Å². The molecule has 1 aliphatic carbocycles. The molecule has 0 radical (unpaired) electrons. The summed E-state index contributed by atoms with van der Waals surface area (Å²) in [5.74, 6) is -0.104. The second kappa shape index (κ2) is 5.75. The fourth-order valence-electron chi connectivity index (χ4n) is 1.78. The number of amides is 1. The Morgan fingerprint density at radius 2 is 2.05 bits per heavy atom. The van der Waals surface area contributed by atoms with Crippen LogP contribution in [-0.2, 0) is 4.79 Å². The van der Waals surface area contributed by atoms with Gasteiger partial charge in [0.05, 0.1) is 4.92 Å². The SMILES string of the molecule is O=C(NC(=S)Nc1ccccc1[N+](=O)[O-])C1CCC1. The van der Waals surface area contributed by atoms with E-state index in [1.165, 1.54) is 6.07 Å². The van der Waals surface area contributed by atoms with E-state index in [9.17, 15) is 14.9 Å². The maximum Gasteiger partial charge on any atom is 0.292 e. The summed E-state index contributed by atoms with van der Waals surface area (Å²) < 4.78 is 0. The molecule has 0 heterocycles. The Bertz CT molecular complexity index is 529. The van der Waals surface area contributed by atoms with Crippen molar-refractivity contribution in [3.8, 4) is 0 Å². The van der Waals surface area contributed by atoms with E-state index in [0.29, 0.717) is 0 Å². The molecule has 2 rings (SSSR count). The van der Waals surface area contributed by atoms with E-state index in [2.05, 4.69) is 10.6 Å². The highest BCUT2D eigenvalue weighted by Crippen LogP contribution is 2.26. The van der Waals surface area contributed by atoms with Crippen molar-refractivity contribution < 1.29 is 9.72 Å². The molecule has 0 aliphatic heterocycles. The molecule has 1 amide bonds. The van der Waals surface area contributed by atoms with Crippen molar-refractivity contribution >= 4 is 34.6 Å². The highest BCUT2D eigenvalue weighted by atomic mass is 32.1.